The molecule has 172 valence electrons. The lowest BCUT2D eigenvalue weighted by Gasteiger charge is -2.28. The number of aromatic nitrogens is 1. The molecule has 6 nitrogen and oxygen atoms in total. The molecule has 2 aromatic rings. The molecule has 0 saturated carbocycles. The third-order valence-electron chi connectivity index (χ3n) is 4.78. The molecule has 1 aromatic carbocycles. The van der Waals surface area contributed by atoms with Crippen LogP contribution in [0.25, 0.3) is 0 Å². The van der Waals surface area contributed by atoms with E-state index in [1.807, 2.05) is 0 Å². The van der Waals surface area contributed by atoms with Crippen LogP contribution in [0.4, 0.5) is 13.2 Å². The van der Waals surface area contributed by atoms with Crippen molar-refractivity contribution in [2.75, 3.05) is 26.9 Å². The van der Waals surface area contributed by atoms with E-state index in [4.69, 9.17) is 19.4 Å². The number of likely N-dealkylation sites (tertiary alicyclic amines) is 1. The lowest BCUT2D eigenvalue weighted by atomic mass is 10.0. The molecule has 10 heteroatoms. The van der Waals surface area contributed by atoms with E-state index >= 15 is 0 Å². The van der Waals surface area contributed by atoms with Crippen LogP contribution in [0.3, 0.4) is 0 Å². The Morgan fingerprint density at radius 1 is 1.29 bits per heavy atom. The van der Waals surface area contributed by atoms with Gasteiger partial charge in [0.15, 0.2) is 0 Å². The Bertz CT molecular complexity index is 801. The van der Waals surface area contributed by atoms with Crippen LogP contribution in [0, 0.1) is 6.92 Å². The van der Waals surface area contributed by atoms with E-state index in [1.165, 1.54) is 11.3 Å². The molecule has 31 heavy (non-hydrogen) atoms. The highest BCUT2D eigenvalue weighted by molar-refractivity contribution is 7.09. The summed E-state index contributed by atoms with van der Waals surface area (Å²) < 4.78 is 43.0. The highest BCUT2D eigenvalue weighted by Gasteiger charge is 2.38. The van der Waals surface area contributed by atoms with Crippen LogP contribution in [-0.4, -0.2) is 66.2 Å². The number of thiazole rings is 1. The van der Waals surface area contributed by atoms with Crippen LogP contribution in [0.5, 0.6) is 0 Å². The van der Waals surface area contributed by atoms with Gasteiger partial charge in [0.05, 0.1) is 30.0 Å². The lowest BCUT2D eigenvalue weighted by molar-refractivity contribution is -0.192. The van der Waals surface area contributed by atoms with Gasteiger partial charge in [0.2, 0.25) is 0 Å². The molecule has 1 aliphatic heterocycles. The Balaban J connectivity index is 0.000000423. The number of ether oxygens (including phenoxy) is 2. The summed E-state index contributed by atoms with van der Waals surface area (Å²) >= 11 is 1.73. The molecule has 0 unspecified atom stereocenters. The van der Waals surface area contributed by atoms with Crippen molar-refractivity contribution >= 4 is 17.3 Å². The minimum Gasteiger partial charge on any atom is -0.475 e. The van der Waals surface area contributed by atoms with Crippen molar-refractivity contribution in [1.82, 2.24) is 9.88 Å². The zero-order chi connectivity index (χ0) is 22.9. The van der Waals surface area contributed by atoms with Crippen LogP contribution in [-0.2, 0) is 27.2 Å². The van der Waals surface area contributed by atoms with Crippen LogP contribution < -0.4 is 0 Å². The Kier molecular flexibility index (Phi) is 9.89. The average molecular weight is 461 g/mol. The first-order valence-electron chi connectivity index (χ1n) is 9.80. The summed E-state index contributed by atoms with van der Waals surface area (Å²) in [7, 11) is 1.72. The fourth-order valence-electron chi connectivity index (χ4n) is 3.37. The molecule has 1 fully saturated rings. The van der Waals surface area contributed by atoms with Crippen molar-refractivity contribution in [3.05, 3.63) is 52.0 Å². The third-order valence-corrected chi connectivity index (χ3v) is 5.60. The first-order chi connectivity index (χ1) is 14.7. The Labute approximate surface area is 183 Å². The zero-order valence-electron chi connectivity index (χ0n) is 17.5. The van der Waals surface area contributed by atoms with Crippen molar-refractivity contribution in [2.45, 2.75) is 44.6 Å². The molecule has 0 amide bonds. The predicted molar refractivity (Wildman–Crippen MR) is 111 cm³/mol. The van der Waals surface area contributed by atoms with E-state index in [1.54, 1.807) is 18.4 Å². The van der Waals surface area contributed by atoms with Gasteiger partial charge >= 0.3 is 12.1 Å². The number of carboxylic acids is 1. The summed E-state index contributed by atoms with van der Waals surface area (Å²) in [5.41, 5.74) is 2.54. The third kappa shape index (κ3) is 8.56. The molecule has 3 rings (SSSR count). The van der Waals surface area contributed by atoms with Crippen LogP contribution in [0.1, 0.15) is 22.7 Å². The molecule has 0 bridgehead atoms. The van der Waals surface area contributed by atoms with Gasteiger partial charge in [-0.05, 0) is 25.3 Å². The fourth-order valence-corrected chi connectivity index (χ4v) is 3.97. The largest absolute Gasteiger partial charge is 0.490 e. The predicted octanol–water partition coefficient (Wildman–Crippen LogP) is 3.93. The number of hydrogen-bond acceptors (Lipinski definition) is 6. The van der Waals surface area contributed by atoms with Gasteiger partial charge in [0, 0.05) is 31.6 Å². The Morgan fingerprint density at radius 3 is 2.52 bits per heavy atom. The van der Waals surface area contributed by atoms with Crippen molar-refractivity contribution in [1.29, 1.82) is 0 Å². The molecule has 1 N–H and O–H groups in total. The summed E-state index contributed by atoms with van der Waals surface area (Å²) in [6.07, 6.45) is -2.73. The molecule has 0 aliphatic carbocycles. The van der Waals surface area contributed by atoms with E-state index in [0.717, 1.165) is 30.9 Å². The number of methoxy groups -OCH3 is 1. The summed E-state index contributed by atoms with van der Waals surface area (Å²) in [5, 5.41) is 10.4. The first kappa shape index (κ1) is 25.3. The van der Waals surface area contributed by atoms with E-state index < -0.39 is 12.1 Å². The molecule has 2 heterocycles. The number of aryl methyl sites for hydroxylation is 1. The van der Waals surface area contributed by atoms with E-state index in [2.05, 4.69) is 52.5 Å². The topological polar surface area (TPSA) is 71.9 Å². The fraction of sp³-hybridized carbons (Fsp3) is 0.524. The molecule has 0 spiro atoms. The minimum atomic E-state index is -5.08. The van der Waals surface area contributed by atoms with Gasteiger partial charge in [-0.2, -0.15) is 13.2 Å². The molecule has 1 aliphatic rings. The smallest absolute Gasteiger partial charge is 0.475 e. The average Bonchev–Trinajstić information content (AvgIpc) is 3.29. The maximum atomic E-state index is 10.6. The summed E-state index contributed by atoms with van der Waals surface area (Å²) in [5.74, 6) is -2.76. The molecule has 1 aromatic heterocycles. The van der Waals surface area contributed by atoms with Gasteiger partial charge in [-0.1, -0.05) is 30.3 Å². The van der Waals surface area contributed by atoms with Crippen LogP contribution in [0.2, 0.25) is 0 Å². The number of carboxylic acid groups (broad SMARTS) is 1. The molecule has 1 saturated heterocycles. The quantitative estimate of drug-likeness (QED) is 0.602. The molecular weight excluding hydrogens is 433 g/mol. The molecule has 2 atom stereocenters. The number of hydrogen-bond donors (Lipinski definition) is 1. The Morgan fingerprint density at radius 2 is 1.97 bits per heavy atom. The van der Waals surface area contributed by atoms with Crippen molar-refractivity contribution < 1.29 is 32.5 Å². The zero-order valence-corrected chi connectivity index (χ0v) is 18.3. The Hall–Kier alpha value is -2.01. The maximum Gasteiger partial charge on any atom is 0.490 e. The van der Waals surface area contributed by atoms with Gasteiger partial charge in [0.1, 0.15) is 0 Å². The summed E-state index contributed by atoms with van der Waals surface area (Å²) in [6, 6.07) is 11.1. The lowest BCUT2D eigenvalue weighted by Crippen LogP contribution is -2.38. The number of aliphatic carboxylic acids is 1. The standard InChI is InChI=1S/C19H26N2O2S.C2HF3O2/c1-15-20-17(14-24-15)13-21-9-8-19(23-11-10-22-2)18(21)12-16-6-4-3-5-7-16;3-2(4,5)1(6)7/h3-7,14,18-19H,8-13H2,1-2H3;(H,6,7)/t18-,19+;/m0./s1. The SMILES string of the molecule is COCCO[C@@H]1CCN(Cc2csc(C)n2)[C@H]1Cc1ccccc1.O=C(O)C(F)(F)F. The number of rotatable bonds is 8. The second-order valence-electron chi connectivity index (χ2n) is 7.08. The summed E-state index contributed by atoms with van der Waals surface area (Å²) in [6.45, 7) is 5.35. The number of halogens is 3. The van der Waals surface area contributed by atoms with Crippen LogP contribution >= 0.6 is 11.3 Å². The van der Waals surface area contributed by atoms with E-state index in [0.29, 0.717) is 19.3 Å². The van der Waals surface area contributed by atoms with Crippen molar-refractivity contribution in [3.8, 4) is 0 Å². The normalized spacial score (nSPS) is 19.1. The van der Waals surface area contributed by atoms with Crippen molar-refractivity contribution in [2.24, 2.45) is 0 Å². The number of nitrogens with zero attached hydrogens (tertiary/aromatic N) is 2. The van der Waals surface area contributed by atoms with Crippen LogP contribution in [0.15, 0.2) is 35.7 Å². The van der Waals surface area contributed by atoms with E-state index in [-0.39, 0.29) is 6.10 Å². The number of benzene rings is 1. The molecule has 0 radical (unpaired) electrons. The first-order valence-corrected chi connectivity index (χ1v) is 10.7. The van der Waals surface area contributed by atoms with Gasteiger partial charge in [-0.15, -0.1) is 11.3 Å². The van der Waals surface area contributed by atoms with Gasteiger partial charge in [0.25, 0.3) is 0 Å². The van der Waals surface area contributed by atoms with Gasteiger partial charge in [-0.25, -0.2) is 9.78 Å². The number of alkyl halides is 3. The second kappa shape index (κ2) is 12.1. The highest BCUT2D eigenvalue weighted by atomic mass is 32.1. The van der Waals surface area contributed by atoms with Gasteiger partial charge < -0.3 is 14.6 Å². The van der Waals surface area contributed by atoms with E-state index in [9.17, 15) is 13.2 Å². The second-order valence-corrected chi connectivity index (χ2v) is 8.14. The van der Waals surface area contributed by atoms with Crippen molar-refractivity contribution in [3.63, 3.8) is 0 Å². The highest BCUT2D eigenvalue weighted by Crippen LogP contribution is 2.26. The number of carbonyl (C=O) groups is 1. The molecular formula is C21H27F3N2O4S. The summed E-state index contributed by atoms with van der Waals surface area (Å²) in [4.78, 5) is 16.1. The monoisotopic (exact) mass is 460 g/mol. The minimum absolute atomic E-state index is 0.264. The maximum absolute atomic E-state index is 10.6. The van der Waals surface area contributed by atoms with Gasteiger partial charge in [-0.3, -0.25) is 4.90 Å².